The fourth-order valence-corrected chi connectivity index (χ4v) is 3.92. The highest BCUT2D eigenvalue weighted by Crippen LogP contribution is 2.29. The molecule has 2 aromatic carbocycles. The van der Waals surface area contributed by atoms with Gasteiger partial charge in [0, 0.05) is 43.4 Å². The summed E-state index contributed by atoms with van der Waals surface area (Å²) in [5.41, 5.74) is 1.77. The molecule has 5 rings (SSSR count). The van der Waals surface area contributed by atoms with Crippen molar-refractivity contribution in [2.75, 3.05) is 36.4 Å². The number of carbonyl (C=O) groups excluding carboxylic acids is 1. The smallest absolute Gasteiger partial charge is 0.322 e. The Balaban J connectivity index is 1.18. The number of nitrogens with zero attached hydrogens (tertiary/aromatic N) is 4. The number of halogens is 3. The number of amides is 2. The van der Waals surface area contributed by atoms with E-state index in [1.807, 2.05) is 31.2 Å². The number of hydrogen-bond acceptors (Lipinski definition) is 5. The molecule has 3 heterocycles. The van der Waals surface area contributed by atoms with Crippen LogP contribution in [0.5, 0.6) is 11.6 Å². The number of aryl methyl sites for hydroxylation is 1. The summed E-state index contributed by atoms with van der Waals surface area (Å²) in [4.78, 5) is 27.3. The van der Waals surface area contributed by atoms with Gasteiger partial charge in [0.2, 0.25) is 5.88 Å². The first-order valence-corrected chi connectivity index (χ1v) is 10.9. The third kappa shape index (κ3) is 4.57. The molecular weight excluding hydrogens is 461 g/mol. The molecule has 8 nitrogen and oxygen atoms in total. The topological polar surface area (TPSA) is 86.4 Å². The van der Waals surface area contributed by atoms with Crippen LogP contribution in [0.15, 0.2) is 48.9 Å². The lowest BCUT2D eigenvalue weighted by atomic mass is 10.2. The molecule has 1 aliphatic heterocycles. The van der Waals surface area contributed by atoms with Crippen molar-refractivity contribution in [3.63, 3.8) is 0 Å². The van der Waals surface area contributed by atoms with Gasteiger partial charge in [0.25, 0.3) is 0 Å². The van der Waals surface area contributed by atoms with Gasteiger partial charge >= 0.3 is 6.03 Å². The lowest BCUT2D eigenvalue weighted by molar-refractivity contribution is 0.208. The van der Waals surface area contributed by atoms with Crippen LogP contribution in [0.3, 0.4) is 0 Å². The summed E-state index contributed by atoms with van der Waals surface area (Å²) in [7, 11) is 0. The summed E-state index contributed by atoms with van der Waals surface area (Å²) >= 11 is 0. The number of urea groups is 1. The molecule has 0 aliphatic carbocycles. The first kappa shape index (κ1) is 22.5. The Morgan fingerprint density at radius 3 is 2.46 bits per heavy atom. The molecule has 1 fully saturated rings. The van der Waals surface area contributed by atoms with Crippen molar-refractivity contribution < 1.29 is 22.7 Å². The van der Waals surface area contributed by atoms with Crippen LogP contribution in [-0.2, 0) is 0 Å². The molecule has 1 saturated heterocycles. The van der Waals surface area contributed by atoms with E-state index in [9.17, 15) is 18.0 Å². The molecule has 0 radical (unpaired) electrons. The highest BCUT2D eigenvalue weighted by atomic mass is 19.2. The summed E-state index contributed by atoms with van der Waals surface area (Å²) in [5.74, 6) is -3.15. The highest BCUT2D eigenvalue weighted by Gasteiger charge is 2.23. The Labute approximate surface area is 198 Å². The van der Waals surface area contributed by atoms with E-state index in [0.717, 1.165) is 17.4 Å². The lowest BCUT2D eigenvalue weighted by Crippen LogP contribution is -2.50. The van der Waals surface area contributed by atoms with Crippen molar-refractivity contribution in [2.24, 2.45) is 0 Å². The van der Waals surface area contributed by atoms with E-state index in [0.29, 0.717) is 37.8 Å². The molecule has 4 aromatic rings. The molecule has 0 spiro atoms. The molecule has 0 atom stereocenters. The monoisotopic (exact) mass is 482 g/mol. The van der Waals surface area contributed by atoms with Gasteiger partial charge in [-0.25, -0.2) is 22.9 Å². The zero-order chi connectivity index (χ0) is 24.5. The number of benzene rings is 2. The highest BCUT2D eigenvalue weighted by molar-refractivity contribution is 6.01. The number of H-pyrrole nitrogens is 1. The molecule has 180 valence electrons. The quantitative estimate of drug-likeness (QED) is 0.407. The molecule has 0 bridgehead atoms. The van der Waals surface area contributed by atoms with Gasteiger partial charge in [-0.3, -0.25) is 4.98 Å². The fraction of sp³-hybridized carbons (Fsp3) is 0.208. The minimum atomic E-state index is -1.56. The van der Waals surface area contributed by atoms with Crippen molar-refractivity contribution in [3.05, 3.63) is 72.1 Å². The van der Waals surface area contributed by atoms with Crippen LogP contribution < -0.4 is 15.0 Å². The van der Waals surface area contributed by atoms with Crippen molar-refractivity contribution in [1.29, 1.82) is 0 Å². The van der Waals surface area contributed by atoms with Crippen LogP contribution in [0.25, 0.3) is 10.9 Å². The van der Waals surface area contributed by atoms with Crippen LogP contribution in [0.4, 0.5) is 29.3 Å². The first-order chi connectivity index (χ1) is 16.9. The molecule has 2 aromatic heterocycles. The van der Waals surface area contributed by atoms with Crippen LogP contribution in [-0.4, -0.2) is 52.1 Å². The van der Waals surface area contributed by atoms with E-state index in [4.69, 9.17) is 4.74 Å². The zero-order valence-corrected chi connectivity index (χ0v) is 18.7. The number of nitrogens with one attached hydrogen (secondary N) is 2. The second kappa shape index (κ2) is 9.16. The lowest BCUT2D eigenvalue weighted by Gasteiger charge is -2.36. The number of piperazine rings is 1. The molecule has 2 N–H and O–H groups in total. The molecule has 1 aliphatic rings. The van der Waals surface area contributed by atoms with Crippen molar-refractivity contribution >= 4 is 28.3 Å². The van der Waals surface area contributed by atoms with E-state index in [1.54, 1.807) is 17.3 Å². The Hall–Kier alpha value is -4.28. The summed E-state index contributed by atoms with van der Waals surface area (Å²) in [5, 5.41) is 2.71. The molecule has 11 heteroatoms. The van der Waals surface area contributed by atoms with Crippen LogP contribution in [0, 0.1) is 24.4 Å². The number of fused-ring (bicyclic) bond motifs is 1. The molecule has 0 saturated carbocycles. The van der Waals surface area contributed by atoms with Crippen molar-refractivity contribution in [3.8, 4) is 11.6 Å². The number of hydrogen-bond donors (Lipinski definition) is 2. The van der Waals surface area contributed by atoms with Crippen molar-refractivity contribution in [1.82, 2.24) is 19.9 Å². The van der Waals surface area contributed by atoms with E-state index >= 15 is 0 Å². The minimum absolute atomic E-state index is 0.0623. The van der Waals surface area contributed by atoms with Gasteiger partial charge in [0.05, 0.1) is 29.3 Å². The van der Waals surface area contributed by atoms with Gasteiger partial charge in [-0.2, -0.15) is 0 Å². The van der Waals surface area contributed by atoms with Gasteiger partial charge in [0.1, 0.15) is 5.75 Å². The van der Waals surface area contributed by atoms with E-state index < -0.39 is 23.5 Å². The van der Waals surface area contributed by atoms with Crippen LogP contribution in [0.1, 0.15) is 5.69 Å². The van der Waals surface area contributed by atoms with Gasteiger partial charge in [0.15, 0.2) is 17.5 Å². The van der Waals surface area contributed by atoms with Crippen LogP contribution in [0.2, 0.25) is 0 Å². The predicted molar refractivity (Wildman–Crippen MR) is 124 cm³/mol. The average molecular weight is 482 g/mol. The SMILES string of the molecule is Cc1cnc(Oc2ccc(N3CCN(C(=O)Nc4c[nH]c5c(F)c(F)c(F)cc45)CC3)cc2)cn1. The standard InChI is InChI=1S/C24H21F3N6O2/c1-14-11-29-20(13-28-14)35-16-4-2-15(3-5-16)32-6-8-33(9-7-32)24(34)31-19-12-30-23-17(19)10-18(25)21(26)22(23)27/h2-5,10-13,30H,6-9H2,1H3,(H,31,34). The Morgan fingerprint density at radius 1 is 1.03 bits per heavy atom. The molecule has 0 unspecified atom stereocenters. The summed E-state index contributed by atoms with van der Waals surface area (Å²) in [6.45, 7) is 3.94. The summed E-state index contributed by atoms with van der Waals surface area (Å²) in [6.07, 6.45) is 4.51. The number of ether oxygens (including phenoxy) is 1. The molecule has 2 amide bonds. The second-order valence-corrected chi connectivity index (χ2v) is 8.11. The number of carbonyl (C=O) groups is 1. The van der Waals surface area contributed by atoms with E-state index in [1.165, 1.54) is 6.20 Å². The van der Waals surface area contributed by atoms with E-state index in [-0.39, 0.29) is 16.6 Å². The summed E-state index contributed by atoms with van der Waals surface area (Å²) < 4.78 is 46.7. The Kier molecular flexibility index (Phi) is 5.89. The van der Waals surface area contributed by atoms with Gasteiger partial charge < -0.3 is 24.8 Å². The van der Waals surface area contributed by atoms with Gasteiger partial charge in [-0.15, -0.1) is 0 Å². The normalized spacial score (nSPS) is 13.8. The predicted octanol–water partition coefficient (Wildman–Crippen LogP) is 4.83. The zero-order valence-electron chi connectivity index (χ0n) is 18.7. The fourth-order valence-electron chi connectivity index (χ4n) is 3.92. The maximum Gasteiger partial charge on any atom is 0.322 e. The number of aromatic amines is 1. The average Bonchev–Trinajstić information content (AvgIpc) is 3.27. The number of aromatic nitrogens is 3. The first-order valence-electron chi connectivity index (χ1n) is 10.9. The minimum Gasteiger partial charge on any atom is -0.438 e. The van der Waals surface area contributed by atoms with Gasteiger partial charge in [-0.1, -0.05) is 0 Å². The second-order valence-electron chi connectivity index (χ2n) is 8.11. The molecular formula is C24H21F3N6O2. The Morgan fingerprint density at radius 2 is 1.77 bits per heavy atom. The maximum atomic E-state index is 13.9. The molecule has 35 heavy (non-hydrogen) atoms. The van der Waals surface area contributed by atoms with E-state index in [2.05, 4.69) is 25.2 Å². The Bertz CT molecular complexity index is 1370. The largest absolute Gasteiger partial charge is 0.438 e. The summed E-state index contributed by atoms with van der Waals surface area (Å²) in [6, 6.07) is 8.00. The number of anilines is 2. The third-order valence-corrected chi connectivity index (χ3v) is 5.80. The van der Waals surface area contributed by atoms with Gasteiger partial charge in [-0.05, 0) is 37.3 Å². The van der Waals surface area contributed by atoms with Crippen molar-refractivity contribution in [2.45, 2.75) is 6.92 Å². The van der Waals surface area contributed by atoms with Crippen LogP contribution >= 0.6 is 0 Å². The third-order valence-electron chi connectivity index (χ3n) is 5.80. The maximum absolute atomic E-state index is 13.9. The number of rotatable bonds is 4.